The zero-order valence-corrected chi connectivity index (χ0v) is 6.86. The molecule has 0 spiro atoms. The van der Waals surface area contributed by atoms with Crippen LogP contribution in [0.15, 0.2) is 30.3 Å². The average molecular weight is 163 g/mol. The molecule has 1 aromatic rings. The Morgan fingerprint density at radius 1 is 1.33 bits per heavy atom. The quantitative estimate of drug-likeness (QED) is 0.407. The van der Waals surface area contributed by atoms with Crippen molar-refractivity contribution in [2.75, 3.05) is 0 Å². The first kappa shape index (κ1) is 11.6. The van der Waals surface area contributed by atoms with Gasteiger partial charge in [0.15, 0.2) is 0 Å². The zero-order valence-electron chi connectivity index (χ0n) is 5.68. The van der Waals surface area contributed by atoms with Gasteiger partial charge >= 0.3 is 17.1 Å². The van der Waals surface area contributed by atoms with Crippen molar-refractivity contribution in [3.63, 3.8) is 0 Å². The first-order chi connectivity index (χ1) is 3.91. The van der Waals surface area contributed by atoms with E-state index >= 15 is 0 Å². The van der Waals surface area contributed by atoms with Crippen molar-refractivity contribution in [3.05, 3.63) is 37.3 Å². The molecule has 0 aliphatic carbocycles. The van der Waals surface area contributed by atoms with E-state index in [4.69, 9.17) is 0 Å². The second-order valence-corrected chi connectivity index (χ2v) is 1.46. The monoisotopic (exact) mass is 163 g/mol. The maximum absolute atomic E-state index is 3.49. The van der Waals surface area contributed by atoms with Crippen molar-refractivity contribution >= 4 is 0 Å². The summed E-state index contributed by atoms with van der Waals surface area (Å²) in [7, 11) is 0. The van der Waals surface area contributed by atoms with Gasteiger partial charge in [0.2, 0.25) is 0 Å². The largest absolute Gasteiger partial charge is 2.00 e. The van der Waals surface area contributed by atoms with Gasteiger partial charge in [0.05, 0.1) is 0 Å². The van der Waals surface area contributed by atoms with Crippen molar-refractivity contribution < 1.29 is 17.1 Å². The molecule has 0 aromatic heterocycles. The smallest absolute Gasteiger partial charge is 0.344 e. The van der Waals surface area contributed by atoms with Gasteiger partial charge in [-0.1, -0.05) is 6.92 Å². The molecule has 0 unspecified atom stereocenters. The predicted octanol–water partition coefficient (Wildman–Crippen LogP) is 2.63. The third-order valence-corrected chi connectivity index (χ3v) is 0.556. The molecule has 0 amide bonds. The number of hydrogen-bond acceptors (Lipinski definition) is 0. The van der Waals surface area contributed by atoms with Crippen LogP contribution >= 0.6 is 0 Å². The van der Waals surface area contributed by atoms with Crippen molar-refractivity contribution in [2.45, 2.75) is 13.3 Å². The minimum Gasteiger partial charge on any atom is -0.344 e. The topological polar surface area (TPSA) is 0 Å². The van der Waals surface area contributed by atoms with Crippen LogP contribution in [0.3, 0.4) is 0 Å². The van der Waals surface area contributed by atoms with Gasteiger partial charge < -0.3 is 6.92 Å². The van der Waals surface area contributed by atoms with Crippen molar-refractivity contribution in [3.8, 4) is 0 Å². The molecule has 9 heavy (non-hydrogen) atoms. The van der Waals surface area contributed by atoms with E-state index in [1.165, 1.54) is 0 Å². The maximum Gasteiger partial charge on any atom is 2.00 e. The molecule has 0 fully saturated rings. The Kier molecular flexibility index (Phi) is 13.9. The van der Waals surface area contributed by atoms with Crippen molar-refractivity contribution in [2.24, 2.45) is 0 Å². The van der Waals surface area contributed by atoms with E-state index in [1.807, 2.05) is 37.3 Å². The molecular weight excluding hydrogens is 151 g/mol. The van der Waals surface area contributed by atoms with Gasteiger partial charge in [0.25, 0.3) is 0 Å². The average Bonchev–Trinajstić information content (AvgIpc) is 2.17. The molecule has 0 aliphatic rings. The molecular formula is C8H12Mn. The van der Waals surface area contributed by atoms with E-state index in [0.717, 1.165) is 6.42 Å². The third kappa shape index (κ3) is 11.4. The van der Waals surface area contributed by atoms with Gasteiger partial charge in [-0.15, -0.1) is 0 Å². The van der Waals surface area contributed by atoms with E-state index in [9.17, 15) is 0 Å². The van der Waals surface area contributed by atoms with Crippen LogP contribution in [0.1, 0.15) is 13.3 Å². The molecule has 0 saturated carbocycles. The summed E-state index contributed by atoms with van der Waals surface area (Å²) in [6, 6.07) is 10.0. The van der Waals surface area contributed by atoms with E-state index in [0.29, 0.717) is 0 Å². The summed E-state index contributed by atoms with van der Waals surface area (Å²) in [5.74, 6) is 0. The summed E-state index contributed by atoms with van der Waals surface area (Å²) >= 11 is 0. The fourth-order valence-electron chi connectivity index (χ4n) is 0.321. The van der Waals surface area contributed by atoms with Gasteiger partial charge in [-0.05, 0) is 0 Å². The van der Waals surface area contributed by atoms with Crippen molar-refractivity contribution in [1.82, 2.24) is 0 Å². The molecule has 51 valence electrons. The van der Waals surface area contributed by atoms with Crippen molar-refractivity contribution in [1.29, 1.82) is 0 Å². The normalized spacial score (nSPS) is 6.44. The van der Waals surface area contributed by atoms with Gasteiger partial charge in [-0.2, -0.15) is 24.6 Å². The predicted molar refractivity (Wildman–Crippen MR) is 37.7 cm³/mol. The standard InChI is InChI=1S/C5H5.C3H7.Mn/c1-2-4-5-3-1;1-3-2;/h1-5H;1,3H2,2H3;/q2*-1;+2. The Balaban J connectivity index is 0. The van der Waals surface area contributed by atoms with Crippen LogP contribution in [0.25, 0.3) is 0 Å². The fourth-order valence-corrected chi connectivity index (χ4v) is 0.321. The Morgan fingerprint density at radius 2 is 1.67 bits per heavy atom. The molecule has 1 aromatic carbocycles. The van der Waals surface area contributed by atoms with Crippen LogP contribution in [-0.4, -0.2) is 0 Å². The zero-order chi connectivity index (χ0) is 6.24. The molecule has 0 saturated heterocycles. The van der Waals surface area contributed by atoms with Crippen LogP contribution in [0.2, 0.25) is 0 Å². The molecule has 0 heterocycles. The second kappa shape index (κ2) is 10.8. The first-order valence-corrected chi connectivity index (χ1v) is 2.87. The second-order valence-electron chi connectivity index (χ2n) is 1.46. The van der Waals surface area contributed by atoms with Crippen LogP contribution in [-0.2, 0) is 17.1 Å². The summed E-state index contributed by atoms with van der Waals surface area (Å²) in [5.41, 5.74) is 0. The summed E-state index contributed by atoms with van der Waals surface area (Å²) in [5, 5.41) is 0. The molecule has 0 N–H and O–H groups in total. The number of hydrogen-bond donors (Lipinski definition) is 0. The minimum absolute atomic E-state index is 0. The van der Waals surface area contributed by atoms with Crippen LogP contribution in [0, 0.1) is 6.92 Å². The fraction of sp³-hybridized carbons (Fsp3) is 0.250. The van der Waals surface area contributed by atoms with E-state index < -0.39 is 0 Å². The molecule has 0 nitrogen and oxygen atoms in total. The minimum atomic E-state index is 0. The molecule has 1 radical (unpaired) electrons. The van der Waals surface area contributed by atoms with Crippen LogP contribution in [0.5, 0.6) is 0 Å². The summed E-state index contributed by atoms with van der Waals surface area (Å²) in [6.45, 7) is 5.50. The molecule has 1 rings (SSSR count). The van der Waals surface area contributed by atoms with Gasteiger partial charge in [-0.3, -0.25) is 0 Å². The summed E-state index contributed by atoms with van der Waals surface area (Å²) < 4.78 is 0. The van der Waals surface area contributed by atoms with Gasteiger partial charge in [0.1, 0.15) is 0 Å². The van der Waals surface area contributed by atoms with Gasteiger partial charge in [-0.25, -0.2) is 12.1 Å². The molecule has 1 heteroatoms. The Hall–Kier alpha value is -0.131. The summed E-state index contributed by atoms with van der Waals surface area (Å²) in [6.07, 6.45) is 1.00. The maximum atomic E-state index is 3.49. The Labute approximate surface area is 68.1 Å². The van der Waals surface area contributed by atoms with E-state index in [2.05, 4.69) is 6.92 Å². The first-order valence-electron chi connectivity index (χ1n) is 2.87. The number of rotatable bonds is 0. The third-order valence-electron chi connectivity index (χ3n) is 0.556. The molecule has 0 bridgehead atoms. The summed E-state index contributed by atoms with van der Waals surface area (Å²) in [4.78, 5) is 0. The van der Waals surface area contributed by atoms with Gasteiger partial charge in [0, 0.05) is 0 Å². The molecule has 0 aliphatic heterocycles. The Morgan fingerprint density at radius 3 is 1.78 bits per heavy atom. The molecule has 0 atom stereocenters. The van der Waals surface area contributed by atoms with E-state index in [1.54, 1.807) is 0 Å². The van der Waals surface area contributed by atoms with E-state index in [-0.39, 0.29) is 17.1 Å². The Bertz CT molecular complexity index is 71.5. The van der Waals surface area contributed by atoms with Crippen LogP contribution in [0.4, 0.5) is 0 Å². The van der Waals surface area contributed by atoms with Crippen LogP contribution < -0.4 is 0 Å². The SMILES string of the molecule is [CH2-]CC.[Mn+2].c1cc[cH-]c1.